The molecule has 2 aliphatic heterocycles. The number of aliphatic imine (C=N–C) groups is 2. The van der Waals surface area contributed by atoms with E-state index < -0.39 is 0 Å². The van der Waals surface area contributed by atoms with Crippen molar-refractivity contribution >= 4 is 12.0 Å². The molecule has 2 aliphatic rings. The summed E-state index contributed by atoms with van der Waals surface area (Å²) in [7, 11) is 0. The molecule has 2 aromatic rings. The van der Waals surface area contributed by atoms with E-state index in [1.165, 1.54) is 23.3 Å². The summed E-state index contributed by atoms with van der Waals surface area (Å²) in [6.45, 7) is 7.69. The van der Waals surface area contributed by atoms with Gasteiger partial charge < -0.3 is 9.47 Å². The van der Waals surface area contributed by atoms with Crippen LogP contribution >= 0.6 is 0 Å². The van der Waals surface area contributed by atoms with E-state index in [0.717, 1.165) is 37.7 Å². The van der Waals surface area contributed by atoms with Crippen LogP contribution in [0.4, 0.5) is 4.39 Å². The van der Waals surface area contributed by atoms with Crippen LogP contribution < -0.4 is 10.9 Å². The molecular formula is C28H37FN4O2. The first-order valence-electron chi connectivity index (χ1n) is 12.8. The van der Waals surface area contributed by atoms with Crippen LogP contribution in [0, 0.1) is 12.7 Å². The molecule has 0 radical (unpaired) electrons. The number of hydrazine groups is 1. The maximum atomic E-state index is 13.1. The Balaban J connectivity index is 1.18. The van der Waals surface area contributed by atoms with E-state index in [2.05, 4.69) is 65.9 Å². The number of benzene rings is 2. The van der Waals surface area contributed by atoms with Gasteiger partial charge in [0.15, 0.2) is 0 Å². The largest absolute Gasteiger partial charge is 0.462 e. The standard InChI is InChI=1S/C28H37FN4O2/c1-4-21(23-7-5-6-19(2)16-23)11-15-26-18-35-28(31-26)33-32-27-30-25(17-34-27)14-8-20(3)22-9-12-24(29)13-10-22/h5-7,9-10,12-13,16,20-21,25-26H,4,8,11,14-15,17-18H2,1-3H3,(H,30,32)(H,31,33)/t20-,21?,25-,26?/m0/s1. The van der Waals surface area contributed by atoms with Gasteiger partial charge in [-0.25, -0.2) is 25.2 Å². The lowest BCUT2D eigenvalue weighted by Crippen LogP contribution is -2.41. The van der Waals surface area contributed by atoms with Crippen LogP contribution in [0.1, 0.15) is 74.5 Å². The molecule has 0 aromatic heterocycles. The normalized spacial score (nSPS) is 20.9. The quantitative estimate of drug-likeness (QED) is 0.459. The number of nitrogens with one attached hydrogen (secondary N) is 2. The van der Waals surface area contributed by atoms with Crippen molar-refractivity contribution in [3.8, 4) is 0 Å². The van der Waals surface area contributed by atoms with Crippen LogP contribution in [0.3, 0.4) is 0 Å². The lowest BCUT2D eigenvalue weighted by molar-refractivity contribution is 0.281. The molecule has 0 saturated carbocycles. The Morgan fingerprint density at radius 3 is 2.14 bits per heavy atom. The zero-order valence-electron chi connectivity index (χ0n) is 21.0. The van der Waals surface area contributed by atoms with Crippen molar-refractivity contribution in [3.63, 3.8) is 0 Å². The first kappa shape index (κ1) is 25.0. The molecule has 0 aliphatic carbocycles. The van der Waals surface area contributed by atoms with Gasteiger partial charge in [0.25, 0.3) is 0 Å². The molecule has 2 N–H and O–H groups in total. The summed E-state index contributed by atoms with van der Waals surface area (Å²) in [6, 6.07) is 16.7. The molecule has 0 saturated heterocycles. The molecule has 2 unspecified atom stereocenters. The van der Waals surface area contributed by atoms with Gasteiger partial charge in [0.05, 0.1) is 12.1 Å². The molecule has 2 aromatic carbocycles. The minimum atomic E-state index is -0.201. The molecule has 6 nitrogen and oxygen atoms in total. The molecule has 2 heterocycles. The number of hydrogen-bond donors (Lipinski definition) is 2. The Kier molecular flexibility index (Phi) is 8.61. The van der Waals surface area contributed by atoms with E-state index in [-0.39, 0.29) is 17.9 Å². The van der Waals surface area contributed by atoms with Gasteiger partial charge in [0.2, 0.25) is 0 Å². The van der Waals surface area contributed by atoms with E-state index >= 15 is 0 Å². The van der Waals surface area contributed by atoms with Crippen LogP contribution in [0.2, 0.25) is 0 Å². The van der Waals surface area contributed by atoms with Crippen molar-refractivity contribution in [2.75, 3.05) is 13.2 Å². The van der Waals surface area contributed by atoms with Gasteiger partial charge in [-0.1, -0.05) is 55.8 Å². The lowest BCUT2D eigenvalue weighted by Gasteiger charge is -2.16. The average Bonchev–Trinajstić information content (AvgIpc) is 3.51. The second-order valence-electron chi connectivity index (χ2n) is 9.67. The molecule has 7 heteroatoms. The Labute approximate surface area is 208 Å². The molecule has 4 rings (SSSR count). The highest BCUT2D eigenvalue weighted by atomic mass is 19.1. The van der Waals surface area contributed by atoms with Crippen LogP contribution in [-0.4, -0.2) is 37.3 Å². The topological polar surface area (TPSA) is 67.2 Å². The summed E-state index contributed by atoms with van der Waals surface area (Å²) >= 11 is 0. The number of ether oxygens (including phenoxy) is 2. The summed E-state index contributed by atoms with van der Waals surface area (Å²) in [4.78, 5) is 9.28. The van der Waals surface area contributed by atoms with Crippen molar-refractivity contribution in [2.24, 2.45) is 9.98 Å². The maximum Gasteiger partial charge on any atom is 0.304 e. The number of hydrogen-bond acceptors (Lipinski definition) is 6. The van der Waals surface area contributed by atoms with E-state index in [1.807, 2.05) is 12.1 Å². The van der Waals surface area contributed by atoms with Crippen molar-refractivity contribution in [1.82, 2.24) is 10.9 Å². The van der Waals surface area contributed by atoms with Gasteiger partial charge in [-0.05, 0) is 74.1 Å². The van der Waals surface area contributed by atoms with E-state index in [0.29, 0.717) is 37.1 Å². The Morgan fingerprint density at radius 1 is 0.914 bits per heavy atom. The minimum Gasteiger partial charge on any atom is -0.462 e. The highest BCUT2D eigenvalue weighted by Gasteiger charge is 2.23. The summed E-state index contributed by atoms with van der Waals surface area (Å²) in [5, 5.41) is 0. The summed E-state index contributed by atoms with van der Waals surface area (Å²) in [5.74, 6) is 0.689. The highest BCUT2D eigenvalue weighted by molar-refractivity contribution is 5.81. The van der Waals surface area contributed by atoms with Crippen LogP contribution in [0.25, 0.3) is 0 Å². The van der Waals surface area contributed by atoms with Gasteiger partial charge >= 0.3 is 12.0 Å². The molecule has 4 atom stereocenters. The van der Waals surface area contributed by atoms with Crippen molar-refractivity contribution in [3.05, 3.63) is 71.0 Å². The third-order valence-corrected chi connectivity index (χ3v) is 6.93. The molecule has 188 valence electrons. The molecular weight excluding hydrogens is 443 g/mol. The molecule has 35 heavy (non-hydrogen) atoms. The maximum absolute atomic E-state index is 13.1. The smallest absolute Gasteiger partial charge is 0.304 e. The molecule has 0 amide bonds. The Hall–Kier alpha value is -3.09. The van der Waals surface area contributed by atoms with E-state index in [9.17, 15) is 4.39 Å². The number of halogens is 1. The lowest BCUT2D eigenvalue weighted by atomic mass is 9.90. The van der Waals surface area contributed by atoms with Gasteiger partial charge in [-0.2, -0.15) is 0 Å². The monoisotopic (exact) mass is 480 g/mol. The van der Waals surface area contributed by atoms with E-state index in [4.69, 9.17) is 9.47 Å². The number of nitrogens with zero attached hydrogens (tertiary/aromatic N) is 2. The number of amidine groups is 2. The third kappa shape index (κ3) is 7.20. The van der Waals surface area contributed by atoms with Crippen LogP contribution in [-0.2, 0) is 9.47 Å². The van der Waals surface area contributed by atoms with Crippen LogP contribution in [0.15, 0.2) is 58.5 Å². The zero-order chi connectivity index (χ0) is 24.6. The Morgan fingerprint density at radius 2 is 1.54 bits per heavy atom. The summed E-state index contributed by atoms with van der Waals surface area (Å²) < 4.78 is 24.5. The fourth-order valence-electron chi connectivity index (χ4n) is 4.69. The van der Waals surface area contributed by atoms with Gasteiger partial charge in [-0.3, -0.25) is 0 Å². The van der Waals surface area contributed by atoms with Crippen molar-refractivity contribution < 1.29 is 13.9 Å². The third-order valence-electron chi connectivity index (χ3n) is 6.93. The number of aryl methyl sites for hydroxylation is 1. The molecule has 0 fully saturated rings. The predicted octanol–water partition coefficient (Wildman–Crippen LogP) is 5.60. The second-order valence-corrected chi connectivity index (χ2v) is 9.67. The van der Waals surface area contributed by atoms with Crippen LogP contribution in [0.5, 0.6) is 0 Å². The predicted molar refractivity (Wildman–Crippen MR) is 138 cm³/mol. The molecule has 0 bridgehead atoms. The SMILES string of the molecule is CCC(CCC1COC(NNC2=N[C@@H](CC[C@H](C)c3ccc(F)cc3)CO2)=N1)c1cccc(C)c1. The highest BCUT2D eigenvalue weighted by Crippen LogP contribution is 2.27. The van der Waals surface area contributed by atoms with Gasteiger partial charge in [-0.15, -0.1) is 0 Å². The first-order chi connectivity index (χ1) is 17.0. The molecule has 0 spiro atoms. The zero-order valence-corrected chi connectivity index (χ0v) is 21.0. The fourth-order valence-corrected chi connectivity index (χ4v) is 4.69. The Bertz CT molecular complexity index is 1020. The second kappa shape index (κ2) is 12.0. The number of rotatable bonds is 9. The van der Waals surface area contributed by atoms with Gasteiger partial charge in [0, 0.05) is 0 Å². The van der Waals surface area contributed by atoms with Gasteiger partial charge in [0.1, 0.15) is 19.0 Å². The summed E-state index contributed by atoms with van der Waals surface area (Å²) in [6.07, 6.45) is 5.06. The van der Waals surface area contributed by atoms with Crippen molar-refractivity contribution in [1.29, 1.82) is 0 Å². The van der Waals surface area contributed by atoms with E-state index in [1.54, 1.807) is 0 Å². The van der Waals surface area contributed by atoms with Crippen molar-refractivity contribution in [2.45, 2.75) is 76.8 Å². The summed E-state index contributed by atoms with van der Waals surface area (Å²) in [5.41, 5.74) is 9.85. The average molecular weight is 481 g/mol. The first-order valence-corrected chi connectivity index (χ1v) is 12.8. The fraction of sp³-hybridized carbons (Fsp3) is 0.500. The minimum absolute atomic E-state index is 0.106.